The van der Waals surface area contributed by atoms with E-state index in [-0.39, 0.29) is 17.7 Å². The van der Waals surface area contributed by atoms with Crippen molar-refractivity contribution in [3.63, 3.8) is 0 Å². The van der Waals surface area contributed by atoms with Gasteiger partial charge in [-0.05, 0) is 43.0 Å². The number of nitrogens with two attached hydrogens (primary N) is 1. The number of para-hydroxylation sites is 1. The van der Waals surface area contributed by atoms with Gasteiger partial charge in [-0.25, -0.2) is 4.98 Å². The lowest BCUT2D eigenvalue weighted by molar-refractivity contribution is -0.134. The van der Waals surface area contributed by atoms with E-state index in [9.17, 15) is 9.59 Å². The summed E-state index contributed by atoms with van der Waals surface area (Å²) in [5.41, 5.74) is 7.64. The average molecular weight is 387 g/mol. The van der Waals surface area contributed by atoms with Crippen LogP contribution in [0.5, 0.6) is 0 Å². The summed E-state index contributed by atoms with van der Waals surface area (Å²) in [6.45, 7) is 1.18. The number of aryl methyl sites for hydroxylation is 1. The first-order chi connectivity index (χ1) is 13.0. The number of aromatic nitrogens is 1. The molecule has 6 nitrogen and oxygen atoms in total. The van der Waals surface area contributed by atoms with E-state index in [1.807, 2.05) is 29.2 Å². The number of nitrogens with zero attached hydrogens (tertiary/aromatic N) is 2. The van der Waals surface area contributed by atoms with Gasteiger partial charge < -0.3 is 16.0 Å². The molecule has 0 bridgehead atoms. The Kier molecular flexibility index (Phi) is 6.29. The number of nitrogens with one attached hydrogen (secondary N) is 1. The lowest BCUT2D eigenvalue weighted by atomic mass is 9.95. The Morgan fingerprint density at radius 3 is 2.59 bits per heavy atom. The van der Waals surface area contributed by atoms with E-state index in [0.717, 1.165) is 11.3 Å². The molecule has 0 aliphatic carbocycles. The Balaban J connectivity index is 1.45. The highest BCUT2D eigenvalue weighted by molar-refractivity contribution is 6.30. The van der Waals surface area contributed by atoms with Crippen molar-refractivity contribution in [2.24, 2.45) is 5.92 Å². The summed E-state index contributed by atoms with van der Waals surface area (Å²) >= 11 is 5.80. The van der Waals surface area contributed by atoms with Gasteiger partial charge in [-0.3, -0.25) is 9.59 Å². The number of likely N-dealkylation sites (tertiary alicyclic amines) is 1. The highest BCUT2D eigenvalue weighted by atomic mass is 35.5. The number of carbonyl (C=O) groups excluding carboxylic acids is 2. The molecule has 2 heterocycles. The van der Waals surface area contributed by atoms with Gasteiger partial charge in [-0.15, -0.1) is 0 Å². The Bertz CT molecular complexity index is 802. The summed E-state index contributed by atoms with van der Waals surface area (Å²) in [5, 5.41) is 3.33. The second-order valence-corrected chi connectivity index (χ2v) is 7.14. The van der Waals surface area contributed by atoms with Crippen LogP contribution in [0.1, 0.15) is 24.8 Å². The molecular formula is C20H23ClN4O2. The molecule has 1 aliphatic rings. The number of nitrogen functional groups attached to an aromatic ring is 1. The molecule has 1 aliphatic heterocycles. The van der Waals surface area contributed by atoms with E-state index in [2.05, 4.69) is 10.3 Å². The van der Waals surface area contributed by atoms with Crippen LogP contribution in [0, 0.1) is 5.92 Å². The van der Waals surface area contributed by atoms with Crippen LogP contribution in [0.4, 0.5) is 11.5 Å². The summed E-state index contributed by atoms with van der Waals surface area (Å²) in [5.74, 6) is 0.421. The molecule has 3 N–H and O–H groups in total. The number of hydrogen-bond donors (Lipinski definition) is 2. The number of halogens is 1. The van der Waals surface area contributed by atoms with Gasteiger partial charge in [-0.1, -0.05) is 29.8 Å². The monoisotopic (exact) mass is 386 g/mol. The molecule has 0 unspecified atom stereocenters. The van der Waals surface area contributed by atoms with Crippen LogP contribution in [0.3, 0.4) is 0 Å². The van der Waals surface area contributed by atoms with Crippen molar-refractivity contribution in [2.45, 2.75) is 25.7 Å². The van der Waals surface area contributed by atoms with Crippen molar-refractivity contribution >= 4 is 34.9 Å². The lowest BCUT2D eigenvalue weighted by Gasteiger charge is -2.31. The van der Waals surface area contributed by atoms with Crippen molar-refractivity contribution in [1.29, 1.82) is 0 Å². The molecule has 0 radical (unpaired) electrons. The average Bonchev–Trinajstić information content (AvgIpc) is 2.69. The fourth-order valence-electron chi connectivity index (χ4n) is 3.23. The van der Waals surface area contributed by atoms with E-state index in [4.69, 9.17) is 17.3 Å². The minimum Gasteiger partial charge on any atom is -0.399 e. The molecule has 7 heteroatoms. The summed E-state index contributed by atoms with van der Waals surface area (Å²) in [6.07, 6.45) is 3.86. The van der Waals surface area contributed by atoms with Crippen LogP contribution < -0.4 is 11.1 Å². The van der Waals surface area contributed by atoms with Gasteiger partial charge in [0, 0.05) is 37.3 Å². The molecule has 142 valence electrons. The van der Waals surface area contributed by atoms with Crippen molar-refractivity contribution < 1.29 is 9.59 Å². The van der Waals surface area contributed by atoms with Crippen LogP contribution in [-0.2, 0) is 16.0 Å². The SMILES string of the molecule is Nc1ccccc1CCC(=O)N1CCC(C(=O)Nc2ccc(Cl)cn2)CC1. The number of benzene rings is 1. The van der Waals surface area contributed by atoms with Gasteiger partial charge in [0.15, 0.2) is 0 Å². The first-order valence-corrected chi connectivity index (χ1v) is 9.44. The highest BCUT2D eigenvalue weighted by Gasteiger charge is 2.27. The lowest BCUT2D eigenvalue weighted by Crippen LogP contribution is -2.41. The van der Waals surface area contributed by atoms with Crippen molar-refractivity contribution in [2.75, 3.05) is 24.1 Å². The first kappa shape index (κ1) is 19.2. The molecule has 1 saturated heterocycles. The number of carbonyl (C=O) groups is 2. The molecule has 2 amide bonds. The van der Waals surface area contributed by atoms with E-state index in [1.165, 1.54) is 6.20 Å². The van der Waals surface area contributed by atoms with Gasteiger partial charge in [0.2, 0.25) is 11.8 Å². The molecule has 1 aromatic heterocycles. The molecule has 1 aromatic carbocycles. The van der Waals surface area contributed by atoms with Gasteiger partial charge >= 0.3 is 0 Å². The van der Waals surface area contributed by atoms with Crippen LogP contribution in [0.2, 0.25) is 5.02 Å². The van der Waals surface area contributed by atoms with Gasteiger partial charge in [0.05, 0.1) is 5.02 Å². The fourth-order valence-corrected chi connectivity index (χ4v) is 3.34. The van der Waals surface area contributed by atoms with E-state index >= 15 is 0 Å². The minimum absolute atomic E-state index is 0.0611. The van der Waals surface area contributed by atoms with Crippen molar-refractivity contribution in [3.05, 3.63) is 53.2 Å². The normalized spacial score (nSPS) is 14.8. The number of amides is 2. The summed E-state index contributed by atoms with van der Waals surface area (Å²) in [6, 6.07) is 11.0. The Morgan fingerprint density at radius 1 is 1.19 bits per heavy atom. The van der Waals surface area contributed by atoms with Gasteiger partial charge in [0.25, 0.3) is 0 Å². The zero-order valence-electron chi connectivity index (χ0n) is 15.0. The maximum absolute atomic E-state index is 12.4. The smallest absolute Gasteiger partial charge is 0.228 e. The minimum atomic E-state index is -0.115. The Morgan fingerprint density at radius 2 is 1.93 bits per heavy atom. The van der Waals surface area contributed by atoms with Crippen LogP contribution in [0.25, 0.3) is 0 Å². The van der Waals surface area contributed by atoms with Gasteiger partial charge in [0.1, 0.15) is 5.82 Å². The van der Waals surface area contributed by atoms with Crippen molar-refractivity contribution in [1.82, 2.24) is 9.88 Å². The standard InChI is InChI=1S/C20H23ClN4O2/c21-16-6-7-18(23-13-16)24-20(27)15-9-11-25(12-10-15)19(26)8-5-14-3-1-2-4-17(14)22/h1-4,6-7,13,15H,5,8-12,22H2,(H,23,24,27). The Labute approximate surface area is 163 Å². The molecule has 0 atom stereocenters. The fraction of sp³-hybridized carbons (Fsp3) is 0.350. The van der Waals surface area contributed by atoms with E-state index in [1.54, 1.807) is 12.1 Å². The largest absolute Gasteiger partial charge is 0.399 e. The third kappa shape index (κ3) is 5.20. The second-order valence-electron chi connectivity index (χ2n) is 6.70. The highest BCUT2D eigenvalue weighted by Crippen LogP contribution is 2.21. The number of piperidine rings is 1. The van der Waals surface area contributed by atoms with E-state index < -0.39 is 0 Å². The first-order valence-electron chi connectivity index (χ1n) is 9.06. The van der Waals surface area contributed by atoms with Gasteiger partial charge in [-0.2, -0.15) is 0 Å². The second kappa shape index (κ2) is 8.86. The van der Waals surface area contributed by atoms with Crippen LogP contribution in [-0.4, -0.2) is 34.8 Å². The predicted molar refractivity (Wildman–Crippen MR) is 106 cm³/mol. The molecule has 1 fully saturated rings. The van der Waals surface area contributed by atoms with Crippen LogP contribution >= 0.6 is 11.6 Å². The topological polar surface area (TPSA) is 88.3 Å². The summed E-state index contributed by atoms with van der Waals surface area (Å²) in [4.78, 5) is 30.7. The maximum Gasteiger partial charge on any atom is 0.228 e. The summed E-state index contributed by atoms with van der Waals surface area (Å²) in [7, 11) is 0. The van der Waals surface area contributed by atoms with E-state index in [0.29, 0.717) is 49.6 Å². The molecular weight excluding hydrogens is 364 g/mol. The zero-order valence-corrected chi connectivity index (χ0v) is 15.8. The molecule has 2 aromatic rings. The zero-order chi connectivity index (χ0) is 19.2. The third-order valence-corrected chi connectivity index (χ3v) is 5.08. The molecule has 0 spiro atoms. The molecule has 27 heavy (non-hydrogen) atoms. The third-order valence-electron chi connectivity index (χ3n) is 4.86. The Hall–Kier alpha value is -2.60. The quantitative estimate of drug-likeness (QED) is 0.772. The number of anilines is 2. The van der Waals surface area contributed by atoms with Crippen LogP contribution in [0.15, 0.2) is 42.6 Å². The maximum atomic E-state index is 12.4. The molecule has 3 rings (SSSR count). The number of pyridine rings is 1. The predicted octanol–water partition coefficient (Wildman–Crippen LogP) is 3.13. The number of rotatable bonds is 5. The number of hydrogen-bond acceptors (Lipinski definition) is 4. The van der Waals surface area contributed by atoms with Crippen molar-refractivity contribution in [3.8, 4) is 0 Å². The summed E-state index contributed by atoms with van der Waals surface area (Å²) < 4.78 is 0. The molecule has 0 saturated carbocycles.